The molecule has 1 fully saturated rings. The molecule has 1 unspecified atom stereocenters. The summed E-state index contributed by atoms with van der Waals surface area (Å²) in [4.78, 5) is 4.53. The van der Waals surface area contributed by atoms with E-state index in [9.17, 15) is 12.8 Å². The highest BCUT2D eigenvalue weighted by atomic mass is 32.2. The van der Waals surface area contributed by atoms with Crippen LogP contribution in [0.5, 0.6) is 5.75 Å². The molecule has 1 aromatic heterocycles. The van der Waals surface area contributed by atoms with Gasteiger partial charge in [-0.2, -0.15) is 0 Å². The van der Waals surface area contributed by atoms with E-state index in [1.165, 1.54) is 12.1 Å². The third kappa shape index (κ3) is 5.12. The fraction of sp³-hybridized carbons (Fsp3) is 0.304. The molecule has 7 nitrogen and oxygen atoms in total. The quantitative estimate of drug-likeness (QED) is 0.557. The highest BCUT2D eigenvalue weighted by molar-refractivity contribution is 7.89. The van der Waals surface area contributed by atoms with Crippen molar-refractivity contribution in [2.75, 3.05) is 44.7 Å². The lowest BCUT2D eigenvalue weighted by atomic mass is 10.1. The van der Waals surface area contributed by atoms with E-state index in [2.05, 4.69) is 14.5 Å². The van der Waals surface area contributed by atoms with Gasteiger partial charge < -0.3 is 14.1 Å². The zero-order valence-electron chi connectivity index (χ0n) is 17.8. The predicted octanol–water partition coefficient (Wildman–Crippen LogP) is 3.27. The van der Waals surface area contributed by atoms with Gasteiger partial charge >= 0.3 is 0 Å². The van der Waals surface area contributed by atoms with Crippen molar-refractivity contribution in [1.29, 1.82) is 0 Å². The first-order valence-corrected chi connectivity index (χ1v) is 11.9. The number of hydrogen-bond donors (Lipinski definition) is 1. The smallest absolute Gasteiger partial charge is 0.240 e. The molecule has 1 aliphatic rings. The first-order valence-electron chi connectivity index (χ1n) is 10.4. The summed E-state index contributed by atoms with van der Waals surface area (Å²) in [5.74, 6) is 1.04. The highest BCUT2D eigenvalue weighted by Gasteiger charge is 2.28. The van der Waals surface area contributed by atoms with Gasteiger partial charge in [0.25, 0.3) is 0 Å². The molecule has 1 aliphatic heterocycles. The number of sulfonamides is 1. The minimum atomic E-state index is -3.77. The molecule has 3 aromatic rings. The number of halogens is 1. The van der Waals surface area contributed by atoms with E-state index >= 15 is 0 Å². The van der Waals surface area contributed by atoms with Crippen LogP contribution in [0.1, 0.15) is 11.8 Å². The summed E-state index contributed by atoms with van der Waals surface area (Å²) < 4.78 is 52.0. The normalized spacial score (nSPS) is 16.1. The monoisotopic (exact) mass is 459 g/mol. The molecule has 0 saturated carbocycles. The number of nitrogens with one attached hydrogen (secondary N) is 1. The third-order valence-corrected chi connectivity index (χ3v) is 7.09. The average molecular weight is 460 g/mol. The number of ether oxygens (including phenoxy) is 1. The van der Waals surface area contributed by atoms with Gasteiger partial charge in [0.05, 0.1) is 24.3 Å². The maximum atomic E-state index is 13.2. The molecular formula is C23H26FN3O4S. The topological polar surface area (TPSA) is 75.0 Å². The van der Waals surface area contributed by atoms with Crippen LogP contribution in [-0.4, -0.2) is 53.2 Å². The molecule has 0 aliphatic carbocycles. The van der Waals surface area contributed by atoms with E-state index < -0.39 is 15.8 Å². The van der Waals surface area contributed by atoms with Gasteiger partial charge in [-0.15, -0.1) is 0 Å². The van der Waals surface area contributed by atoms with E-state index in [-0.39, 0.29) is 17.5 Å². The Balaban J connectivity index is 1.43. The molecule has 0 spiro atoms. The Morgan fingerprint density at radius 1 is 1.03 bits per heavy atom. The van der Waals surface area contributed by atoms with Gasteiger partial charge in [-0.05, 0) is 60.7 Å². The number of piperazine rings is 1. The van der Waals surface area contributed by atoms with Gasteiger partial charge in [0.15, 0.2) is 0 Å². The zero-order chi connectivity index (χ0) is 22.6. The molecule has 0 amide bonds. The molecule has 1 atom stereocenters. The van der Waals surface area contributed by atoms with Crippen molar-refractivity contribution < 1.29 is 22.0 Å². The maximum absolute atomic E-state index is 13.2. The summed E-state index contributed by atoms with van der Waals surface area (Å²) >= 11 is 0. The Morgan fingerprint density at radius 2 is 1.72 bits per heavy atom. The van der Waals surface area contributed by atoms with Gasteiger partial charge in [-0.1, -0.05) is 0 Å². The van der Waals surface area contributed by atoms with Crippen LogP contribution in [0.2, 0.25) is 0 Å². The van der Waals surface area contributed by atoms with Crippen molar-refractivity contribution in [3.63, 3.8) is 0 Å². The average Bonchev–Trinajstić information content (AvgIpc) is 3.35. The van der Waals surface area contributed by atoms with Crippen LogP contribution in [0.25, 0.3) is 0 Å². The first kappa shape index (κ1) is 22.3. The second kappa shape index (κ2) is 9.72. The van der Waals surface area contributed by atoms with Crippen LogP contribution >= 0.6 is 0 Å². The molecule has 1 saturated heterocycles. The summed E-state index contributed by atoms with van der Waals surface area (Å²) in [6.07, 6.45) is 1.59. The SMILES string of the molecule is COc1ccc(N2CCN(C(CNS(=O)(=O)c3ccc(F)cc3)c3ccco3)CC2)cc1. The van der Waals surface area contributed by atoms with Crippen molar-refractivity contribution in [2.24, 2.45) is 0 Å². The van der Waals surface area contributed by atoms with Crippen LogP contribution in [0.15, 0.2) is 76.2 Å². The van der Waals surface area contributed by atoms with Crippen LogP contribution < -0.4 is 14.4 Å². The number of benzene rings is 2. The second-order valence-electron chi connectivity index (χ2n) is 7.56. The Morgan fingerprint density at radius 3 is 2.31 bits per heavy atom. The lowest BCUT2D eigenvalue weighted by Crippen LogP contribution is -2.49. The van der Waals surface area contributed by atoms with E-state index in [0.717, 1.165) is 49.7 Å². The summed E-state index contributed by atoms with van der Waals surface area (Å²) in [6, 6.07) is 16.1. The Kier molecular flexibility index (Phi) is 6.78. The molecular weight excluding hydrogens is 433 g/mol. The first-order chi connectivity index (χ1) is 15.5. The van der Waals surface area contributed by atoms with E-state index in [4.69, 9.17) is 9.15 Å². The molecule has 2 heterocycles. The zero-order valence-corrected chi connectivity index (χ0v) is 18.6. The van der Waals surface area contributed by atoms with Crippen molar-refractivity contribution in [3.8, 4) is 5.75 Å². The number of rotatable bonds is 8. The van der Waals surface area contributed by atoms with Crippen molar-refractivity contribution in [3.05, 3.63) is 78.5 Å². The second-order valence-corrected chi connectivity index (χ2v) is 9.33. The number of hydrogen-bond acceptors (Lipinski definition) is 6. The summed E-state index contributed by atoms with van der Waals surface area (Å²) in [5, 5.41) is 0. The van der Waals surface area contributed by atoms with Crippen LogP contribution in [0, 0.1) is 5.82 Å². The van der Waals surface area contributed by atoms with Gasteiger partial charge in [0.1, 0.15) is 17.3 Å². The molecule has 32 heavy (non-hydrogen) atoms. The number of furan rings is 1. The lowest BCUT2D eigenvalue weighted by molar-refractivity contribution is 0.166. The number of nitrogens with zero attached hydrogens (tertiary/aromatic N) is 2. The lowest BCUT2D eigenvalue weighted by Gasteiger charge is -2.39. The summed E-state index contributed by atoms with van der Waals surface area (Å²) in [7, 11) is -2.12. The Hall–Kier alpha value is -2.88. The molecule has 0 radical (unpaired) electrons. The van der Waals surface area contributed by atoms with Crippen LogP contribution in [0.3, 0.4) is 0 Å². The molecule has 2 aromatic carbocycles. The Labute approximate surface area is 187 Å². The fourth-order valence-electron chi connectivity index (χ4n) is 3.86. The molecule has 1 N–H and O–H groups in total. The Bertz CT molecular complexity index is 1100. The van der Waals surface area contributed by atoms with Crippen molar-refractivity contribution in [1.82, 2.24) is 9.62 Å². The number of anilines is 1. The minimum Gasteiger partial charge on any atom is -0.497 e. The highest BCUT2D eigenvalue weighted by Crippen LogP contribution is 2.26. The molecule has 0 bridgehead atoms. The van der Waals surface area contributed by atoms with Crippen LogP contribution in [-0.2, 0) is 10.0 Å². The minimum absolute atomic E-state index is 0.0291. The maximum Gasteiger partial charge on any atom is 0.240 e. The standard InChI is InChI=1S/C23H26FN3O4S/c1-30-20-8-6-19(7-9-20)26-12-14-27(15-13-26)22(23-3-2-16-31-23)17-25-32(28,29)21-10-4-18(24)5-11-21/h2-11,16,22,25H,12-15,17H2,1H3. The van der Waals surface area contributed by atoms with Gasteiger partial charge in [0, 0.05) is 38.4 Å². The van der Waals surface area contributed by atoms with Crippen LogP contribution in [0.4, 0.5) is 10.1 Å². The van der Waals surface area contributed by atoms with Gasteiger partial charge in [-0.25, -0.2) is 17.5 Å². The summed E-state index contributed by atoms with van der Waals surface area (Å²) in [5.41, 5.74) is 1.12. The van der Waals surface area contributed by atoms with E-state index in [0.29, 0.717) is 5.76 Å². The molecule has 9 heteroatoms. The molecule has 4 rings (SSSR count). The summed E-state index contributed by atoms with van der Waals surface area (Å²) in [6.45, 7) is 3.24. The van der Waals surface area contributed by atoms with E-state index in [1.54, 1.807) is 19.4 Å². The van der Waals surface area contributed by atoms with Crippen molar-refractivity contribution in [2.45, 2.75) is 10.9 Å². The van der Waals surface area contributed by atoms with Crippen molar-refractivity contribution >= 4 is 15.7 Å². The fourth-order valence-corrected chi connectivity index (χ4v) is 4.90. The molecule has 170 valence electrons. The largest absolute Gasteiger partial charge is 0.497 e. The van der Waals surface area contributed by atoms with Gasteiger partial charge in [-0.3, -0.25) is 4.90 Å². The van der Waals surface area contributed by atoms with E-state index in [1.807, 2.05) is 30.3 Å². The predicted molar refractivity (Wildman–Crippen MR) is 120 cm³/mol. The van der Waals surface area contributed by atoms with Gasteiger partial charge in [0.2, 0.25) is 10.0 Å². The third-order valence-electron chi connectivity index (χ3n) is 5.65. The number of methoxy groups -OCH3 is 1.